The van der Waals surface area contributed by atoms with Gasteiger partial charge in [-0.05, 0) is 48.7 Å². The third kappa shape index (κ3) is 5.70. The molecule has 0 aromatic heterocycles. The molecular formula is C22H29N3O4. The Morgan fingerprint density at radius 1 is 1.00 bits per heavy atom. The van der Waals surface area contributed by atoms with Gasteiger partial charge in [-0.2, -0.15) is 0 Å². The molecule has 1 aliphatic rings. The summed E-state index contributed by atoms with van der Waals surface area (Å²) < 4.78 is 22.0. The second-order valence-electron chi connectivity index (χ2n) is 6.57. The molecule has 0 saturated heterocycles. The normalized spacial score (nSPS) is 12.6. The van der Waals surface area contributed by atoms with Gasteiger partial charge in [-0.25, -0.2) is 4.99 Å². The van der Waals surface area contributed by atoms with Crippen LogP contribution in [-0.4, -0.2) is 33.0 Å². The van der Waals surface area contributed by atoms with Crippen LogP contribution in [0.1, 0.15) is 31.4 Å². The van der Waals surface area contributed by atoms with E-state index in [2.05, 4.69) is 22.5 Å². The van der Waals surface area contributed by atoms with Crippen LogP contribution in [0, 0.1) is 0 Å². The maximum Gasteiger partial charge on any atom is 0.231 e. The van der Waals surface area contributed by atoms with Crippen LogP contribution in [0.15, 0.2) is 41.4 Å². The van der Waals surface area contributed by atoms with Gasteiger partial charge in [-0.15, -0.1) is 0 Å². The van der Waals surface area contributed by atoms with Crippen molar-refractivity contribution in [2.45, 2.75) is 33.4 Å². The summed E-state index contributed by atoms with van der Waals surface area (Å²) in [4.78, 5) is 4.67. The van der Waals surface area contributed by atoms with Crippen LogP contribution < -0.4 is 29.6 Å². The number of methoxy groups -OCH3 is 1. The van der Waals surface area contributed by atoms with E-state index in [1.165, 1.54) is 0 Å². The molecule has 0 unspecified atom stereocenters. The largest absolute Gasteiger partial charge is 0.493 e. The molecule has 2 aromatic rings. The first-order valence-corrected chi connectivity index (χ1v) is 9.94. The summed E-state index contributed by atoms with van der Waals surface area (Å²) >= 11 is 0. The predicted octanol–water partition coefficient (Wildman–Crippen LogP) is 3.47. The summed E-state index contributed by atoms with van der Waals surface area (Å²) in [6.45, 7) is 7.01. The quantitative estimate of drug-likeness (QED) is 0.497. The highest BCUT2D eigenvalue weighted by Crippen LogP contribution is 2.32. The van der Waals surface area contributed by atoms with Gasteiger partial charge in [0.1, 0.15) is 0 Å². The molecule has 0 atom stereocenters. The first-order valence-electron chi connectivity index (χ1n) is 9.94. The highest BCUT2D eigenvalue weighted by molar-refractivity contribution is 5.79. The van der Waals surface area contributed by atoms with Gasteiger partial charge < -0.3 is 29.6 Å². The molecule has 3 rings (SSSR count). The zero-order valence-electron chi connectivity index (χ0n) is 17.3. The highest BCUT2D eigenvalue weighted by atomic mass is 16.7. The minimum Gasteiger partial charge on any atom is -0.493 e. The number of hydrogen-bond acceptors (Lipinski definition) is 5. The number of rotatable bonds is 9. The first kappa shape index (κ1) is 20.6. The van der Waals surface area contributed by atoms with Crippen LogP contribution in [0.25, 0.3) is 0 Å². The average Bonchev–Trinajstić information content (AvgIpc) is 3.22. The number of nitrogens with one attached hydrogen (secondary N) is 2. The van der Waals surface area contributed by atoms with E-state index < -0.39 is 0 Å². The van der Waals surface area contributed by atoms with Gasteiger partial charge in [0.15, 0.2) is 29.0 Å². The van der Waals surface area contributed by atoms with Gasteiger partial charge in [-0.1, -0.05) is 19.1 Å². The Balaban J connectivity index is 1.62. The van der Waals surface area contributed by atoms with Crippen molar-refractivity contribution < 1.29 is 18.9 Å². The van der Waals surface area contributed by atoms with Crippen molar-refractivity contribution in [2.75, 3.05) is 27.1 Å². The summed E-state index contributed by atoms with van der Waals surface area (Å²) in [6, 6.07) is 11.8. The minimum absolute atomic E-state index is 0.276. The van der Waals surface area contributed by atoms with Gasteiger partial charge >= 0.3 is 0 Å². The van der Waals surface area contributed by atoms with Crippen LogP contribution in [0.4, 0.5) is 0 Å². The van der Waals surface area contributed by atoms with Crippen LogP contribution in [0.5, 0.6) is 23.0 Å². The fourth-order valence-electron chi connectivity index (χ4n) is 2.89. The van der Waals surface area contributed by atoms with Crippen molar-refractivity contribution in [3.63, 3.8) is 0 Å². The SMILES string of the molecule is CCCOc1ccc(CNC(=NCc2ccc3c(c2)OCO3)NCC)cc1OC. The van der Waals surface area contributed by atoms with Crippen molar-refractivity contribution in [3.8, 4) is 23.0 Å². The lowest BCUT2D eigenvalue weighted by Crippen LogP contribution is -2.36. The number of benzene rings is 2. The number of hydrogen-bond donors (Lipinski definition) is 2. The van der Waals surface area contributed by atoms with E-state index in [1.54, 1.807) is 7.11 Å². The summed E-state index contributed by atoms with van der Waals surface area (Å²) in [5, 5.41) is 6.63. The van der Waals surface area contributed by atoms with E-state index in [0.717, 1.165) is 53.1 Å². The van der Waals surface area contributed by atoms with Crippen molar-refractivity contribution in [1.82, 2.24) is 10.6 Å². The minimum atomic E-state index is 0.276. The maximum absolute atomic E-state index is 5.71. The zero-order valence-corrected chi connectivity index (χ0v) is 17.3. The zero-order chi connectivity index (χ0) is 20.5. The molecule has 7 nitrogen and oxygen atoms in total. The van der Waals surface area contributed by atoms with E-state index in [0.29, 0.717) is 19.7 Å². The van der Waals surface area contributed by atoms with Crippen LogP contribution in [0.2, 0.25) is 0 Å². The third-order valence-corrected chi connectivity index (χ3v) is 4.35. The van der Waals surface area contributed by atoms with Gasteiger partial charge in [0.25, 0.3) is 0 Å². The molecule has 0 radical (unpaired) electrons. The predicted molar refractivity (Wildman–Crippen MR) is 113 cm³/mol. The van der Waals surface area contributed by atoms with Crippen LogP contribution in [-0.2, 0) is 13.1 Å². The Morgan fingerprint density at radius 3 is 2.62 bits per heavy atom. The summed E-state index contributed by atoms with van der Waals surface area (Å²) in [6.07, 6.45) is 0.957. The van der Waals surface area contributed by atoms with E-state index in [9.17, 15) is 0 Å². The van der Waals surface area contributed by atoms with Gasteiger partial charge in [-0.3, -0.25) is 0 Å². The molecule has 0 spiro atoms. The van der Waals surface area contributed by atoms with E-state index >= 15 is 0 Å². The van der Waals surface area contributed by atoms with Crippen molar-refractivity contribution in [2.24, 2.45) is 4.99 Å². The number of aliphatic imine (C=N–C) groups is 1. The van der Waals surface area contributed by atoms with Crippen molar-refractivity contribution >= 4 is 5.96 Å². The molecule has 2 N–H and O–H groups in total. The number of guanidine groups is 1. The second kappa shape index (κ2) is 10.5. The molecule has 156 valence electrons. The van der Waals surface area contributed by atoms with Gasteiger partial charge in [0, 0.05) is 13.1 Å². The van der Waals surface area contributed by atoms with Gasteiger partial charge in [0.2, 0.25) is 6.79 Å². The Labute approximate surface area is 172 Å². The maximum atomic E-state index is 5.71. The standard InChI is InChI=1S/C22H29N3O4/c1-4-10-27-18-8-6-16(11-20(18)26-3)13-24-22(23-5-2)25-14-17-7-9-19-21(12-17)29-15-28-19/h6-9,11-12H,4-5,10,13-15H2,1-3H3,(H2,23,24,25). The molecular weight excluding hydrogens is 370 g/mol. The molecule has 0 saturated carbocycles. The molecule has 0 bridgehead atoms. The smallest absolute Gasteiger partial charge is 0.231 e. The Bertz CT molecular complexity index is 839. The van der Waals surface area contributed by atoms with E-state index in [-0.39, 0.29) is 6.79 Å². The number of fused-ring (bicyclic) bond motifs is 1. The van der Waals surface area contributed by atoms with Crippen LogP contribution >= 0.6 is 0 Å². The Kier molecular flexibility index (Phi) is 7.44. The molecule has 0 amide bonds. The molecule has 1 heterocycles. The van der Waals surface area contributed by atoms with E-state index in [1.807, 2.05) is 43.3 Å². The Morgan fingerprint density at radius 2 is 1.83 bits per heavy atom. The topological polar surface area (TPSA) is 73.3 Å². The third-order valence-electron chi connectivity index (χ3n) is 4.35. The molecule has 0 aliphatic carbocycles. The summed E-state index contributed by atoms with van der Waals surface area (Å²) in [5.74, 6) is 3.80. The molecule has 0 fully saturated rings. The van der Waals surface area contributed by atoms with Crippen LogP contribution in [0.3, 0.4) is 0 Å². The fraction of sp³-hybridized carbons (Fsp3) is 0.409. The van der Waals surface area contributed by atoms with Gasteiger partial charge in [0.05, 0.1) is 20.3 Å². The van der Waals surface area contributed by atoms with Crippen molar-refractivity contribution in [1.29, 1.82) is 0 Å². The highest BCUT2D eigenvalue weighted by Gasteiger charge is 2.13. The second-order valence-corrected chi connectivity index (χ2v) is 6.57. The lowest BCUT2D eigenvalue weighted by Gasteiger charge is -2.14. The monoisotopic (exact) mass is 399 g/mol. The Hall–Kier alpha value is -3.09. The molecule has 29 heavy (non-hydrogen) atoms. The lowest BCUT2D eigenvalue weighted by molar-refractivity contribution is 0.174. The summed E-state index contributed by atoms with van der Waals surface area (Å²) in [7, 11) is 1.66. The molecule has 1 aliphatic heterocycles. The average molecular weight is 399 g/mol. The number of nitrogens with zero attached hydrogens (tertiary/aromatic N) is 1. The van der Waals surface area contributed by atoms with Crippen molar-refractivity contribution in [3.05, 3.63) is 47.5 Å². The summed E-state index contributed by atoms with van der Waals surface area (Å²) in [5.41, 5.74) is 2.14. The fourth-order valence-corrected chi connectivity index (χ4v) is 2.89. The molecule has 2 aromatic carbocycles. The lowest BCUT2D eigenvalue weighted by atomic mass is 10.2. The molecule has 7 heteroatoms. The number of ether oxygens (including phenoxy) is 4. The first-order chi connectivity index (χ1) is 14.2. The van der Waals surface area contributed by atoms with E-state index in [4.69, 9.17) is 18.9 Å².